The van der Waals surface area contributed by atoms with Gasteiger partial charge in [0.2, 0.25) is 0 Å². The molecule has 0 saturated carbocycles. The molecule has 0 aliphatic heterocycles. The number of nitrogens with two attached hydrogens (primary N) is 2. The Labute approximate surface area is 111 Å². The van der Waals surface area contributed by atoms with Crippen molar-refractivity contribution in [1.82, 2.24) is 0 Å². The van der Waals surface area contributed by atoms with Crippen LogP contribution in [0.4, 0.5) is 11.4 Å². The van der Waals surface area contributed by atoms with Crippen LogP contribution < -0.4 is 16.4 Å². The monoisotopic (exact) mass is 259 g/mol. The zero-order valence-corrected chi connectivity index (χ0v) is 11.0. The lowest BCUT2D eigenvalue weighted by atomic mass is 10.1. The van der Waals surface area contributed by atoms with Crippen LogP contribution in [0.15, 0.2) is 34.7 Å². The second-order valence-electron chi connectivity index (χ2n) is 4.50. The van der Waals surface area contributed by atoms with E-state index in [1.807, 2.05) is 37.1 Å². The van der Waals surface area contributed by atoms with E-state index in [0.29, 0.717) is 17.8 Å². The number of nitrogen functional groups attached to an aromatic ring is 1. The predicted molar refractivity (Wildman–Crippen MR) is 74.9 cm³/mol. The molecule has 0 saturated heterocycles. The number of hydrogen-bond acceptors (Lipinski definition) is 4. The molecular weight excluding hydrogens is 242 g/mol. The summed E-state index contributed by atoms with van der Waals surface area (Å²) in [5, 5.41) is 0. The van der Waals surface area contributed by atoms with Crippen LogP contribution in [0.2, 0.25) is 0 Å². The minimum Gasteiger partial charge on any atom is -0.464 e. The van der Waals surface area contributed by atoms with Crippen molar-refractivity contribution in [3.63, 3.8) is 0 Å². The zero-order chi connectivity index (χ0) is 14.0. The standard InChI is InChI=1S/C14H17N3O2/c1-9-3-5-11(19-9)8-17(2)10-4-6-13(15)12(7-10)14(16)18/h3-7H,8,15H2,1-2H3,(H2,16,18). The zero-order valence-electron chi connectivity index (χ0n) is 11.0. The first-order chi connectivity index (χ1) is 8.97. The number of furan rings is 1. The second kappa shape index (κ2) is 5.06. The number of nitrogens with zero attached hydrogens (tertiary/aromatic N) is 1. The summed E-state index contributed by atoms with van der Waals surface area (Å²) in [7, 11) is 1.91. The van der Waals surface area contributed by atoms with E-state index >= 15 is 0 Å². The van der Waals surface area contributed by atoms with Gasteiger partial charge in [0, 0.05) is 18.4 Å². The van der Waals surface area contributed by atoms with Gasteiger partial charge in [-0.05, 0) is 37.3 Å². The number of anilines is 2. The summed E-state index contributed by atoms with van der Waals surface area (Å²) >= 11 is 0. The maximum Gasteiger partial charge on any atom is 0.250 e. The van der Waals surface area contributed by atoms with Crippen LogP contribution in [0.1, 0.15) is 21.9 Å². The van der Waals surface area contributed by atoms with Crippen LogP contribution in [0.25, 0.3) is 0 Å². The topological polar surface area (TPSA) is 85.5 Å². The average molecular weight is 259 g/mol. The fourth-order valence-corrected chi connectivity index (χ4v) is 1.89. The molecule has 1 aromatic carbocycles. The van der Waals surface area contributed by atoms with Crippen LogP contribution in [-0.4, -0.2) is 13.0 Å². The van der Waals surface area contributed by atoms with E-state index in [1.165, 1.54) is 0 Å². The molecule has 0 unspecified atom stereocenters. The van der Waals surface area contributed by atoms with Crippen molar-refractivity contribution in [2.45, 2.75) is 13.5 Å². The first-order valence-electron chi connectivity index (χ1n) is 5.93. The molecule has 2 rings (SSSR count). The van der Waals surface area contributed by atoms with E-state index in [0.717, 1.165) is 17.2 Å². The molecule has 0 radical (unpaired) electrons. The van der Waals surface area contributed by atoms with E-state index in [9.17, 15) is 4.79 Å². The van der Waals surface area contributed by atoms with Crippen molar-refractivity contribution in [2.24, 2.45) is 5.73 Å². The van der Waals surface area contributed by atoms with Crippen LogP contribution in [0.5, 0.6) is 0 Å². The highest BCUT2D eigenvalue weighted by molar-refractivity contribution is 5.99. The number of benzene rings is 1. The molecule has 0 spiro atoms. The maximum atomic E-state index is 11.3. The number of carbonyl (C=O) groups excluding carboxylic acids is 1. The van der Waals surface area contributed by atoms with Crippen LogP contribution >= 0.6 is 0 Å². The van der Waals surface area contributed by atoms with Crippen molar-refractivity contribution in [3.05, 3.63) is 47.4 Å². The number of rotatable bonds is 4. The molecule has 1 amide bonds. The van der Waals surface area contributed by atoms with E-state index in [4.69, 9.17) is 15.9 Å². The van der Waals surface area contributed by atoms with Crippen LogP contribution in [-0.2, 0) is 6.54 Å². The summed E-state index contributed by atoms with van der Waals surface area (Å²) in [6, 6.07) is 9.06. The lowest BCUT2D eigenvalue weighted by Crippen LogP contribution is -2.18. The van der Waals surface area contributed by atoms with Gasteiger partial charge in [0.05, 0.1) is 12.1 Å². The molecule has 1 heterocycles. The fourth-order valence-electron chi connectivity index (χ4n) is 1.89. The third-order valence-corrected chi connectivity index (χ3v) is 2.93. The Kier molecular flexibility index (Phi) is 3.46. The van der Waals surface area contributed by atoms with Gasteiger partial charge in [0.25, 0.3) is 5.91 Å². The number of primary amides is 1. The molecule has 0 aliphatic carbocycles. The van der Waals surface area contributed by atoms with Crippen LogP contribution in [0.3, 0.4) is 0 Å². The van der Waals surface area contributed by atoms with Gasteiger partial charge in [-0.15, -0.1) is 0 Å². The van der Waals surface area contributed by atoms with E-state index in [1.54, 1.807) is 12.1 Å². The quantitative estimate of drug-likeness (QED) is 0.821. The Morgan fingerprint density at radius 3 is 2.63 bits per heavy atom. The first-order valence-corrected chi connectivity index (χ1v) is 5.93. The SMILES string of the molecule is Cc1ccc(CN(C)c2ccc(N)c(C(N)=O)c2)o1. The molecule has 100 valence electrons. The summed E-state index contributed by atoms with van der Waals surface area (Å²) in [6.07, 6.45) is 0. The smallest absolute Gasteiger partial charge is 0.250 e. The normalized spacial score (nSPS) is 10.4. The molecule has 19 heavy (non-hydrogen) atoms. The molecule has 4 N–H and O–H groups in total. The minimum atomic E-state index is -0.526. The number of carbonyl (C=O) groups is 1. The van der Waals surface area contributed by atoms with Crippen molar-refractivity contribution in [2.75, 3.05) is 17.7 Å². The summed E-state index contributed by atoms with van der Waals surface area (Å²) in [5.74, 6) is 1.21. The molecule has 0 bridgehead atoms. The maximum absolute atomic E-state index is 11.3. The molecule has 0 fully saturated rings. The third kappa shape index (κ3) is 2.88. The van der Waals surface area contributed by atoms with Gasteiger partial charge >= 0.3 is 0 Å². The summed E-state index contributed by atoms with van der Waals surface area (Å²) in [6.45, 7) is 2.51. The van der Waals surface area contributed by atoms with Gasteiger partial charge in [0.1, 0.15) is 11.5 Å². The summed E-state index contributed by atoms with van der Waals surface area (Å²) in [4.78, 5) is 13.2. The van der Waals surface area contributed by atoms with Crippen LogP contribution in [0, 0.1) is 6.92 Å². The Bertz CT molecular complexity index is 604. The molecule has 5 nitrogen and oxygen atoms in total. The Balaban J connectivity index is 2.21. The molecule has 1 aromatic heterocycles. The van der Waals surface area contributed by atoms with E-state index < -0.39 is 5.91 Å². The van der Waals surface area contributed by atoms with Gasteiger partial charge in [-0.3, -0.25) is 4.79 Å². The number of hydrogen-bond donors (Lipinski definition) is 2. The van der Waals surface area contributed by atoms with Crippen molar-refractivity contribution in [1.29, 1.82) is 0 Å². The van der Waals surface area contributed by atoms with E-state index in [2.05, 4.69) is 0 Å². The molecule has 0 atom stereocenters. The van der Waals surface area contributed by atoms with Gasteiger partial charge in [-0.2, -0.15) is 0 Å². The summed E-state index contributed by atoms with van der Waals surface area (Å²) < 4.78 is 5.52. The lowest BCUT2D eigenvalue weighted by Gasteiger charge is -2.19. The van der Waals surface area contributed by atoms with Gasteiger partial charge in [-0.1, -0.05) is 0 Å². The van der Waals surface area contributed by atoms with Gasteiger partial charge in [-0.25, -0.2) is 0 Å². The van der Waals surface area contributed by atoms with Crippen molar-refractivity contribution < 1.29 is 9.21 Å². The highest BCUT2D eigenvalue weighted by Gasteiger charge is 2.10. The number of amides is 1. The molecular formula is C14H17N3O2. The third-order valence-electron chi connectivity index (χ3n) is 2.93. The van der Waals surface area contributed by atoms with E-state index in [-0.39, 0.29) is 0 Å². The Hall–Kier alpha value is -2.43. The molecule has 5 heteroatoms. The Morgan fingerprint density at radius 1 is 1.32 bits per heavy atom. The van der Waals surface area contributed by atoms with Gasteiger partial charge < -0.3 is 20.8 Å². The van der Waals surface area contributed by atoms with Crippen molar-refractivity contribution >= 4 is 17.3 Å². The van der Waals surface area contributed by atoms with Crippen molar-refractivity contribution in [3.8, 4) is 0 Å². The first kappa shape index (κ1) is 13.0. The minimum absolute atomic E-state index is 0.333. The second-order valence-corrected chi connectivity index (χ2v) is 4.50. The largest absolute Gasteiger partial charge is 0.464 e. The predicted octanol–water partition coefficient (Wildman–Crippen LogP) is 1.91. The highest BCUT2D eigenvalue weighted by Crippen LogP contribution is 2.22. The fraction of sp³-hybridized carbons (Fsp3) is 0.214. The van der Waals surface area contributed by atoms with Gasteiger partial charge in [0.15, 0.2) is 0 Å². The highest BCUT2D eigenvalue weighted by atomic mass is 16.3. The molecule has 0 aliphatic rings. The molecule has 2 aromatic rings. The average Bonchev–Trinajstić information content (AvgIpc) is 2.74. The lowest BCUT2D eigenvalue weighted by molar-refractivity contribution is 0.100. The number of aryl methyl sites for hydroxylation is 1. The Morgan fingerprint density at radius 2 is 2.05 bits per heavy atom. The summed E-state index contributed by atoms with van der Waals surface area (Å²) in [5.41, 5.74) is 12.6.